The van der Waals surface area contributed by atoms with Crippen molar-refractivity contribution in [1.82, 2.24) is 5.32 Å². The molecule has 19 heavy (non-hydrogen) atoms. The van der Waals surface area contributed by atoms with Crippen LogP contribution < -0.4 is 5.32 Å². The average Bonchev–Trinajstić information content (AvgIpc) is 2.37. The molecule has 0 fully saturated rings. The van der Waals surface area contributed by atoms with Gasteiger partial charge in [0.2, 0.25) is 5.91 Å². The van der Waals surface area contributed by atoms with E-state index in [1.807, 2.05) is 0 Å². The molecule has 102 valence electrons. The second-order valence-electron chi connectivity index (χ2n) is 3.80. The molecule has 1 rings (SSSR count). The molecule has 3 N–H and O–H groups in total. The predicted molar refractivity (Wildman–Crippen MR) is 66.7 cm³/mol. The van der Waals surface area contributed by atoms with Crippen molar-refractivity contribution in [1.29, 1.82) is 0 Å². The molecule has 0 aliphatic carbocycles. The first-order chi connectivity index (χ1) is 9.02. The summed E-state index contributed by atoms with van der Waals surface area (Å²) in [5.41, 5.74) is 0.616. The SMILES string of the molecule is O=C(/C=C/c1ccc(F)cc1)N[C@@H](CCO)C(=O)O. The second-order valence-corrected chi connectivity index (χ2v) is 3.80. The molecule has 0 aromatic heterocycles. The largest absolute Gasteiger partial charge is 0.480 e. The first-order valence-corrected chi connectivity index (χ1v) is 5.60. The van der Waals surface area contributed by atoms with Crippen LogP contribution in [0.2, 0.25) is 0 Å². The van der Waals surface area contributed by atoms with E-state index in [4.69, 9.17) is 10.2 Å². The van der Waals surface area contributed by atoms with Gasteiger partial charge in [-0.1, -0.05) is 12.1 Å². The number of benzene rings is 1. The van der Waals surface area contributed by atoms with E-state index in [1.54, 1.807) is 0 Å². The van der Waals surface area contributed by atoms with Crippen molar-refractivity contribution >= 4 is 18.0 Å². The van der Waals surface area contributed by atoms with Gasteiger partial charge in [0.15, 0.2) is 0 Å². The van der Waals surface area contributed by atoms with E-state index in [9.17, 15) is 14.0 Å². The molecule has 0 bridgehead atoms. The molecule has 0 radical (unpaired) electrons. The molecule has 5 nitrogen and oxygen atoms in total. The fraction of sp³-hybridized carbons (Fsp3) is 0.231. The van der Waals surface area contributed by atoms with Crippen molar-refractivity contribution in [2.45, 2.75) is 12.5 Å². The molecule has 1 aromatic rings. The highest BCUT2D eigenvalue weighted by molar-refractivity contribution is 5.94. The summed E-state index contributed by atoms with van der Waals surface area (Å²) in [5.74, 6) is -2.18. The molecule has 0 saturated carbocycles. The molecule has 1 amide bonds. The molecule has 0 aliphatic rings. The minimum Gasteiger partial charge on any atom is -0.480 e. The third-order valence-electron chi connectivity index (χ3n) is 2.33. The van der Waals surface area contributed by atoms with E-state index in [0.29, 0.717) is 5.56 Å². The third-order valence-corrected chi connectivity index (χ3v) is 2.33. The Labute approximate surface area is 109 Å². The normalized spacial score (nSPS) is 12.3. The van der Waals surface area contributed by atoms with Crippen molar-refractivity contribution < 1.29 is 24.2 Å². The number of aliphatic carboxylic acids is 1. The summed E-state index contributed by atoms with van der Waals surface area (Å²) in [5, 5.41) is 19.7. The molecule has 1 aromatic carbocycles. The topological polar surface area (TPSA) is 86.6 Å². The van der Waals surface area contributed by atoms with Crippen molar-refractivity contribution in [2.75, 3.05) is 6.61 Å². The number of carbonyl (C=O) groups excluding carboxylic acids is 1. The van der Waals surface area contributed by atoms with Crippen molar-refractivity contribution in [3.63, 3.8) is 0 Å². The molecular formula is C13H14FNO4. The van der Waals surface area contributed by atoms with Gasteiger partial charge in [0.05, 0.1) is 0 Å². The maximum atomic E-state index is 12.6. The number of aliphatic hydroxyl groups excluding tert-OH is 1. The van der Waals surface area contributed by atoms with Crippen LogP contribution in [-0.4, -0.2) is 34.7 Å². The minimum absolute atomic E-state index is 0.0640. The Morgan fingerprint density at radius 3 is 2.47 bits per heavy atom. The van der Waals surface area contributed by atoms with Gasteiger partial charge in [-0.2, -0.15) is 0 Å². The first-order valence-electron chi connectivity index (χ1n) is 5.60. The Bertz CT molecular complexity index is 470. The number of carboxylic acids is 1. The van der Waals surface area contributed by atoms with Crippen molar-refractivity contribution in [2.24, 2.45) is 0 Å². The second kappa shape index (κ2) is 7.27. The molecule has 0 unspecified atom stereocenters. The van der Waals surface area contributed by atoms with Gasteiger partial charge in [0, 0.05) is 19.1 Å². The highest BCUT2D eigenvalue weighted by Crippen LogP contribution is 2.04. The molecule has 0 spiro atoms. The maximum Gasteiger partial charge on any atom is 0.326 e. The molecular weight excluding hydrogens is 253 g/mol. The van der Waals surface area contributed by atoms with Crippen molar-refractivity contribution in [3.05, 3.63) is 41.7 Å². The lowest BCUT2D eigenvalue weighted by Gasteiger charge is -2.11. The Balaban J connectivity index is 2.58. The smallest absolute Gasteiger partial charge is 0.326 e. The van der Waals surface area contributed by atoms with E-state index in [0.717, 1.165) is 6.08 Å². The van der Waals surface area contributed by atoms with E-state index in [2.05, 4.69) is 5.32 Å². The molecule has 1 atom stereocenters. The zero-order valence-corrected chi connectivity index (χ0v) is 10.0. The van der Waals surface area contributed by atoms with Gasteiger partial charge in [0.25, 0.3) is 0 Å². The molecule has 0 heterocycles. The lowest BCUT2D eigenvalue weighted by atomic mass is 10.2. The lowest BCUT2D eigenvalue weighted by molar-refractivity contribution is -0.141. The zero-order chi connectivity index (χ0) is 14.3. The Morgan fingerprint density at radius 1 is 1.32 bits per heavy atom. The average molecular weight is 267 g/mol. The van der Waals surface area contributed by atoms with Gasteiger partial charge in [-0.3, -0.25) is 4.79 Å². The first kappa shape index (κ1) is 14.8. The van der Waals surface area contributed by atoms with Gasteiger partial charge in [-0.05, 0) is 23.8 Å². The Hall–Kier alpha value is -2.21. The van der Waals surface area contributed by atoms with Crippen LogP contribution in [0.4, 0.5) is 4.39 Å². The molecule has 0 aliphatic heterocycles. The molecule has 0 saturated heterocycles. The Kier molecular flexibility index (Phi) is 5.69. The van der Waals surface area contributed by atoms with Gasteiger partial charge in [0.1, 0.15) is 11.9 Å². The van der Waals surface area contributed by atoms with Gasteiger partial charge < -0.3 is 15.5 Å². The van der Waals surface area contributed by atoms with E-state index in [-0.39, 0.29) is 18.8 Å². The van der Waals surface area contributed by atoms with Crippen LogP contribution in [0.3, 0.4) is 0 Å². The number of hydrogen-bond acceptors (Lipinski definition) is 3. The van der Waals surface area contributed by atoms with Crippen LogP contribution in [-0.2, 0) is 9.59 Å². The Morgan fingerprint density at radius 2 is 1.95 bits per heavy atom. The quantitative estimate of drug-likeness (QED) is 0.665. The lowest BCUT2D eigenvalue weighted by Crippen LogP contribution is -2.40. The van der Waals surface area contributed by atoms with Gasteiger partial charge in [-0.25, -0.2) is 9.18 Å². The third kappa shape index (κ3) is 5.31. The number of nitrogens with one attached hydrogen (secondary N) is 1. The number of hydrogen-bond donors (Lipinski definition) is 3. The summed E-state index contributed by atoms with van der Waals surface area (Å²) in [6.45, 7) is -0.334. The fourth-order valence-corrected chi connectivity index (χ4v) is 1.35. The monoisotopic (exact) mass is 267 g/mol. The van der Waals surface area contributed by atoms with Crippen LogP contribution in [0.15, 0.2) is 30.3 Å². The van der Waals surface area contributed by atoms with Crippen LogP contribution in [0.5, 0.6) is 0 Å². The predicted octanol–water partition coefficient (Wildman–Crippen LogP) is 0.791. The number of rotatable bonds is 6. The van der Waals surface area contributed by atoms with Gasteiger partial charge >= 0.3 is 5.97 Å². The van der Waals surface area contributed by atoms with Crippen LogP contribution in [0, 0.1) is 5.82 Å². The zero-order valence-electron chi connectivity index (χ0n) is 10.0. The minimum atomic E-state index is -1.21. The summed E-state index contributed by atoms with van der Waals surface area (Å²) in [7, 11) is 0. The summed E-state index contributed by atoms with van der Waals surface area (Å²) >= 11 is 0. The van der Waals surface area contributed by atoms with Crippen molar-refractivity contribution in [3.8, 4) is 0 Å². The van der Waals surface area contributed by atoms with Crippen LogP contribution >= 0.6 is 0 Å². The van der Waals surface area contributed by atoms with E-state index >= 15 is 0 Å². The maximum absolute atomic E-state index is 12.6. The molecule has 6 heteroatoms. The number of carbonyl (C=O) groups is 2. The summed E-state index contributed by atoms with van der Waals surface area (Å²) in [6.07, 6.45) is 2.53. The van der Waals surface area contributed by atoms with Gasteiger partial charge in [-0.15, -0.1) is 0 Å². The number of amides is 1. The van der Waals surface area contributed by atoms with E-state index in [1.165, 1.54) is 30.3 Å². The highest BCUT2D eigenvalue weighted by Gasteiger charge is 2.17. The summed E-state index contributed by atoms with van der Waals surface area (Å²) in [4.78, 5) is 22.2. The summed E-state index contributed by atoms with van der Waals surface area (Å²) < 4.78 is 12.6. The van der Waals surface area contributed by atoms with Crippen LogP contribution in [0.25, 0.3) is 6.08 Å². The number of carboxylic acid groups (broad SMARTS) is 1. The number of halogens is 1. The van der Waals surface area contributed by atoms with Crippen LogP contribution in [0.1, 0.15) is 12.0 Å². The standard InChI is InChI=1S/C13H14FNO4/c14-10-4-1-9(2-5-10)3-6-12(17)15-11(7-8-16)13(18)19/h1-6,11,16H,7-8H2,(H,15,17)(H,18,19)/b6-3+/t11-/m0/s1. The summed E-state index contributed by atoms with van der Waals surface area (Å²) in [6, 6.07) is 4.35. The fourth-order valence-electron chi connectivity index (χ4n) is 1.35. The highest BCUT2D eigenvalue weighted by atomic mass is 19.1. The number of aliphatic hydroxyl groups is 1. The van der Waals surface area contributed by atoms with E-state index < -0.39 is 17.9 Å².